The molecule has 0 aliphatic carbocycles. The van der Waals surface area contributed by atoms with Crippen molar-refractivity contribution in [3.63, 3.8) is 0 Å². The van der Waals surface area contributed by atoms with Crippen molar-refractivity contribution in [3.05, 3.63) is 6.92 Å². The lowest BCUT2D eigenvalue weighted by Gasteiger charge is -1.84. The largest absolute Gasteiger partial charge is 0.308 e. The van der Waals surface area contributed by atoms with Gasteiger partial charge in [0.25, 0.3) is 0 Å². The molecule has 3 heteroatoms. The molecule has 1 nitrogen and oxygen atoms in total. The molecule has 0 heterocycles. The molecule has 0 aromatic rings. The van der Waals surface area contributed by atoms with Crippen LogP contribution in [-0.4, -0.2) is 11.6 Å². The van der Waals surface area contributed by atoms with Crippen LogP contribution >= 0.6 is 24.0 Å². The molecular weight excluding hydrogens is 133 g/mol. The SMILES string of the molecule is Cl.[CH2]CC(=N)CCl. The highest BCUT2D eigenvalue weighted by Gasteiger charge is 1.83. The summed E-state index contributed by atoms with van der Waals surface area (Å²) >= 11 is 5.19. The number of rotatable bonds is 2. The number of nitrogens with one attached hydrogen (secondary N) is 1. The van der Waals surface area contributed by atoms with E-state index in [1.165, 1.54) is 0 Å². The molecule has 7 heavy (non-hydrogen) atoms. The fraction of sp³-hybridized carbons (Fsp3) is 0.500. The first-order chi connectivity index (χ1) is 2.81. The number of hydrogen-bond acceptors (Lipinski definition) is 1. The summed E-state index contributed by atoms with van der Waals surface area (Å²) in [7, 11) is 0. The Morgan fingerprint density at radius 2 is 2.14 bits per heavy atom. The van der Waals surface area contributed by atoms with Gasteiger partial charge < -0.3 is 5.41 Å². The van der Waals surface area contributed by atoms with Gasteiger partial charge in [-0.3, -0.25) is 0 Å². The van der Waals surface area contributed by atoms with Gasteiger partial charge in [-0.05, 0) is 13.3 Å². The summed E-state index contributed by atoms with van der Waals surface area (Å²) in [6, 6.07) is 0. The van der Waals surface area contributed by atoms with E-state index in [2.05, 4.69) is 6.92 Å². The Hall–Kier alpha value is 0.250. The smallest absolute Gasteiger partial charge is 0.0600 e. The van der Waals surface area contributed by atoms with Crippen LogP contribution in [-0.2, 0) is 0 Å². The Bertz CT molecular complexity index is 47.7. The van der Waals surface area contributed by atoms with Crippen molar-refractivity contribution >= 4 is 29.7 Å². The molecule has 0 aromatic carbocycles. The van der Waals surface area contributed by atoms with Crippen molar-refractivity contribution in [2.75, 3.05) is 5.88 Å². The molecule has 0 rings (SSSR count). The maximum atomic E-state index is 6.79. The summed E-state index contributed by atoms with van der Waals surface area (Å²) in [5, 5.41) is 6.79. The highest BCUT2D eigenvalue weighted by atomic mass is 35.5. The minimum atomic E-state index is 0. The Labute approximate surface area is 55.0 Å². The van der Waals surface area contributed by atoms with Gasteiger partial charge in [-0.15, -0.1) is 24.0 Å². The molecule has 43 valence electrons. The molecule has 0 unspecified atom stereocenters. The Balaban J connectivity index is 0. The predicted octanol–water partition coefficient (Wildman–Crippen LogP) is 1.89. The molecule has 1 N–H and O–H groups in total. The van der Waals surface area contributed by atoms with Gasteiger partial charge in [-0.2, -0.15) is 0 Å². The molecule has 0 aromatic heterocycles. The van der Waals surface area contributed by atoms with E-state index < -0.39 is 0 Å². The third-order valence-electron chi connectivity index (χ3n) is 0.463. The van der Waals surface area contributed by atoms with Crippen molar-refractivity contribution in [1.29, 1.82) is 5.41 Å². The zero-order valence-corrected chi connectivity index (χ0v) is 5.48. The van der Waals surface area contributed by atoms with Gasteiger partial charge in [-0.1, -0.05) is 0 Å². The summed E-state index contributed by atoms with van der Waals surface area (Å²) in [5.74, 6) is 0.323. The van der Waals surface area contributed by atoms with Crippen LogP contribution in [0, 0.1) is 12.3 Å². The van der Waals surface area contributed by atoms with Gasteiger partial charge in [-0.25, -0.2) is 0 Å². The predicted molar refractivity (Wildman–Crippen MR) is 35.7 cm³/mol. The molecule has 0 bridgehead atoms. The minimum absolute atomic E-state index is 0. The third-order valence-corrected chi connectivity index (χ3v) is 0.786. The molecule has 0 amide bonds. The van der Waals surface area contributed by atoms with Gasteiger partial charge in [0, 0.05) is 5.71 Å². The van der Waals surface area contributed by atoms with Crippen LogP contribution in [0.1, 0.15) is 6.42 Å². The summed E-state index contributed by atoms with van der Waals surface area (Å²) in [6.07, 6.45) is 0.531. The summed E-state index contributed by atoms with van der Waals surface area (Å²) in [5.41, 5.74) is 0.497. The Morgan fingerprint density at radius 3 is 2.14 bits per heavy atom. The normalized spacial score (nSPS) is 7.14. The van der Waals surface area contributed by atoms with Crippen LogP contribution in [0.2, 0.25) is 0 Å². The first kappa shape index (κ1) is 10.3. The molecule has 0 aliphatic rings. The molecule has 0 spiro atoms. The van der Waals surface area contributed by atoms with Crippen LogP contribution < -0.4 is 0 Å². The summed E-state index contributed by atoms with van der Waals surface area (Å²) in [6.45, 7) is 3.45. The lowest BCUT2D eigenvalue weighted by molar-refractivity contribution is 1.35. The minimum Gasteiger partial charge on any atom is -0.308 e. The van der Waals surface area contributed by atoms with E-state index in [9.17, 15) is 0 Å². The van der Waals surface area contributed by atoms with Crippen LogP contribution in [0.3, 0.4) is 0 Å². The number of alkyl halides is 1. The van der Waals surface area contributed by atoms with Crippen molar-refractivity contribution < 1.29 is 0 Å². The van der Waals surface area contributed by atoms with E-state index in [1.54, 1.807) is 0 Å². The zero-order valence-electron chi connectivity index (χ0n) is 3.91. The maximum absolute atomic E-state index is 6.79. The van der Waals surface area contributed by atoms with Gasteiger partial charge in [0.1, 0.15) is 0 Å². The van der Waals surface area contributed by atoms with E-state index in [0.717, 1.165) is 0 Å². The molecule has 0 saturated heterocycles. The van der Waals surface area contributed by atoms with E-state index in [0.29, 0.717) is 18.0 Å². The standard InChI is InChI=1S/C4H7ClN.ClH/c1-2-4(6)3-5;/h6H,1-3H2;1H. The van der Waals surface area contributed by atoms with Gasteiger partial charge in [0.2, 0.25) is 0 Å². The molecule has 1 radical (unpaired) electrons. The highest BCUT2D eigenvalue weighted by molar-refractivity contribution is 6.28. The lowest BCUT2D eigenvalue weighted by atomic mass is 10.3. The Morgan fingerprint density at radius 1 is 1.71 bits per heavy atom. The monoisotopic (exact) mass is 140 g/mol. The highest BCUT2D eigenvalue weighted by Crippen LogP contribution is 1.82. The van der Waals surface area contributed by atoms with Gasteiger partial charge in [0.05, 0.1) is 5.88 Å². The number of halogens is 2. The summed E-state index contributed by atoms with van der Waals surface area (Å²) in [4.78, 5) is 0. The molecule has 0 atom stereocenters. The van der Waals surface area contributed by atoms with Crippen LogP contribution in [0.4, 0.5) is 0 Å². The second kappa shape index (κ2) is 6.25. The fourth-order valence-electron chi connectivity index (χ4n) is 0.0668. The molecule has 0 saturated carbocycles. The van der Waals surface area contributed by atoms with Crippen LogP contribution in [0.5, 0.6) is 0 Å². The van der Waals surface area contributed by atoms with E-state index in [1.807, 2.05) is 0 Å². The van der Waals surface area contributed by atoms with E-state index >= 15 is 0 Å². The van der Waals surface area contributed by atoms with E-state index in [4.69, 9.17) is 17.0 Å². The Kier molecular flexibility index (Phi) is 9.17. The molecular formula is C4H8Cl2N. The van der Waals surface area contributed by atoms with Gasteiger partial charge in [0.15, 0.2) is 0 Å². The van der Waals surface area contributed by atoms with Crippen molar-refractivity contribution in [1.82, 2.24) is 0 Å². The topological polar surface area (TPSA) is 23.9 Å². The van der Waals surface area contributed by atoms with Crippen molar-refractivity contribution in [2.45, 2.75) is 6.42 Å². The van der Waals surface area contributed by atoms with Crippen LogP contribution in [0.25, 0.3) is 0 Å². The first-order valence-corrected chi connectivity index (χ1v) is 2.26. The maximum Gasteiger partial charge on any atom is 0.0600 e. The second-order valence-corrected chi connectivity index (χ2v) is 1.25. The van der Waals surface area contributed by atoms with Gasteiger partial charge >= 0.3 is 0 Å². The third kappa shape index (κ3) is 6.25. The molecule has 0 aliphatic heterocycles. The summed E-state index contributed by atoms with van der Waals surface area (Å²) < 4.78 is 0. The molecule has 0 fully saturated rings. The fourth-order valence-corrected chi connectivity index (χ4v) is 0.200. The quantitative estimate of drug-likeness (QED) is 0.448. The average Bonchev–Trinajstić information content (AvgIpc) is 1.65. The van der Waals surface area contributed by atoms with Crippen molar-refractivity contribution in [3.8, 4) is 0 Å². The zero-order chi connectivity index (χ0) is 4.99. The first-order valence-electron chi connectivity index (χ1n) is 1.72. The average molecular weight is 141 g/mol. The van der Waals surface area contributed by atoms with E-state index in [-0.39, 0.29) is 12.4 Å². The van der Waals surface area contributed by atoms with Crippen LogP contribution in [0.15, 0.2) is 0 Å². The number of hydrogen-bond donors (Lipinski definition) is 1. The second-order valence-electron chi connectivity index (χ2n) is 0.987. The van der Waals surface area contributed by atoms with Crippen molar-refractivity contribution in [2.24, 2.45) is 0 Å². The lowest BCUT2D eigenvalue weighted by Crippen LogP contribution is -1.92.